The Morgan fingerprint density at radius 2 is 1.81 bits per heavy atom. The summed E-state index contributed by atoms with van der Waals surface area (Å²) < 4.78 is 46.4. The lowest BCUT2D eigenvalue weighted by Gasteiger charge is -2.22. The molecule has 1 N–H and O–H groups in total. The molecular weight excluding hydrogens is 407 g/mol. The first-order chi connectivity index (χ1) is 14.9. The summed E-state index contributed by atoms with van der Waals surface area (Å²) in [5, 5.41) is 3.83. The number of hydrogen-bond acceptors (Lipinski definition) is 6. The summed E-state index contributed by atoms with van der Waals surface area (Å²) in [6.45, 7) is 5.24. The third-order valence-electron chi connectivity index (χ3n) is 5.50. The molecule has 9 heteroatoms. The summed E-state index contributed by atoms with van der Waals surface area (Å²) in [6.07, 6.45) is -0.699. The third-order valence-corrected chi connectivity index (χ3v) is 5.50. The molecule has 0 spiro atoms. The number of aryl methyl sites for hydroxylation is 1. The lowest BCUT2D eigenvalue weighted by molar-refractivity contribution is 0.146. The molecule has 1 aromatic carbocycles. The summed E-state index contributed by atoms with van der Waals surface area (Å²) >= 11 is 0. The molecule has 2 aromatic heterocycles. The molecule has 1 fully saturated rings. The molecule has 164 valence electrons. The number of aromatic nitrogens is 3. The molecule has 3 heterocycles. The largest absolute Gasteiger partial charge is 0.479 e. The van der Waals surface area contributed by atoms with Crippen molar-refractivity contribution >= 4 is 22.5 Å². The van der Waals surface area contributed by atoms with Crippen molar-refractivity contribution in [2.24, 2.45) is 0 Å². The van der Waals surface area contributed by atoms with Crippen LogP contribution >= 0.6 is 0 Å². The summed E-state index contributed by atoms with van der Waals surface area (Å²) in [7, 11) is 1.57. The van der Waals surface area contributed by atoms with Gasteiger partial charge in [0, 0.05) is 18.7 Å². The monoisotopic (exact) mass is 431 g/mol. The van der Waals surface area contributed by atoms with Gasteiger partial charge in [0.2, 0.25) is 5.88 Å². The van der Waals surface area contributed by atoms with Crippen LogP contribution in [-0.4, -0.2) is 35.2 Å². The molecule has 0 aliphatic carbocycles. The first-order valence-corrected chi connectivity index (χ1v) is 10.2. The average Bonchev–Trinajstić information content (AvgIpc) is 3.27. The van der Waals surface area contributed by atoms with Gasteiger partial charge in [0.25, 0.3) is 6.43 Å². The van der Waals surface area contributed by atoms with E-state index in [0.717, 1.165) is 37.7 Å². The first-order valence-electron chi connectivity index (χ1n) is 10.2. The zero-order valence-corrected chi connectivity index (χ0v) is 17.6. The minimum atomic E-state index is -2.88. The number of methoxy groups -OCH3 is 1. The topological polar surface area (TPSA) is 63.2 Å². The molecular formula is C22H24F3N5O. The van der Waals surface area contributed by atoms with Crippen molar-refractivity contribution in [2.45, 2.75) is 39.2 Å². The molecule has 31 heavy (non-hydrogen) atoms. The number of ether oxygens (including phenoxy) is 1. The van der Waals surface area contributed by atoms with E-state index in [1.807, 2.05) is 6.07 Å². The Bertz CT molecular complexity index is 1100. The molecule has 1 saturated heterocycles. The van der Waals surface area contributed by atoms with Crippen LogP contribution in [0.3, 0.4) is 0 Å². The number of fused-ring (bicyclic) bond motifs is 1. The third kappa shape index (κ3) is 4.08. The van der Waals surface area contributed by atoms with E-state index in [4.69, 9.17) is 4.74 Å². The number of alkyl halides is 2. The van der Waals surface area contributed by atoms with Crippen LogP contribution in [-0.2, 0) is 0 Å². The summed E-state index contributed by atoms with van der Waals surface area (Å²) in [5.74, 6) is 0.521. The van der Waals surface area contributed by atoms with Crippen LogP contribution in [0.4, 0.5) is 24.7 Å². The second-order valence-electron chi connectivity index (χ2n) is 7.62. The number of halogens is 3. The molecule has 4 rings (SSSR count). The van der Waals surface area contributed by atoms with Gasteiger partial charge in [-0.1, -0.05) is 18.2 Å². The van der Waals surface area contributed by atoms with Gasteiger partial charge in [-0.25, -0.2) is 23.1 Å². The van der Waals surface area contributed by atoms with Gasteiger partial charge in [0.1, 0.15) is 23.1 Å². The van der Waals surface area contributed by atoms with E-state index in [-0.39, 0.29) is 5.56 Å². The van der Waals surface area contributed by atoms with Crippen LogP contribution in [0.25, 0.3) is 11.0 Å². The van der Waals surface area contributed by atoms with Crippen LogP contribution in [0.1, 0.15) is 49.2 Å². The molecule has 3 aromatic rings. The second kappa shape index (κ2) is 8.56. The van der Waals surface area contributed by atoms with Crippen LogP contribution in [0.2, 0.25) is 0 Å². The van der Waals surface area contributed by atoms with E-state index in [0.29, 0.717) is 28.6 Å². The molecule has 1 atom stereocenters. The number of rotatable bonds is 6. The summed E-state index contributed by atoms with van der Waals surface area (Å²) in [4.78, 5) is 15.7. The lowest BCUT2D eigenvalue weighted by atomic mass is 10.0. The van der Waals surface area contributed by atoms with Crippen LogP contribution < -0.4 is 15.0 Å². The zero-order chi connectivity index (χ0) is 22.1. The Labute approximate surface area is 178 Å². The average molecular weight is 431 g/mol. The maximum Gasteiger partial charge on any atom is 0.266 e. The Hall–Kier alpha value is -3.10. The van der Waals surface area contributed by atoms with Gasteiger partial charge in [-0.2, -0.15) is 4.98 Å². The lowest BCUT2D eigenvalue weighted by Crippen LogP contribution is -2.19. The van der Waals surface area contributed by atoms with Crippen molar-refractivity contribution in [3.8, 4) is 5.88 Å². The maximum atomic E-state index is 14.6. The number of nitrogens with zero attached hydrogens (tertiary/aromatic N) is 4. The van der Waals surface area contributed by atoms with Gasteiger partial charge < -0.3 is 15.0 Å². The molecule has 0 saturated carbocycles. The number of nitrogens with one attached hydrogen (secondary N) is 1. The number of pyridine rings is 1. The van der Waals surface area contributed by atoms with Crippen molar-refractivity contribution in [2.75, 3.05) is 30.4 Å². The number of hydrogen-bond donors (Lipinski definition) is 1. The van der Waals surface area contributed by atoms with Gasteiger partial charge in [0.15, 0.2) is 5.65 Å². The van der Waals surface area contributed by atoms with Crippen LogP contribution in [0.15, 0.2) is 24.3 Å². The van der Waals surface area contributed by atoms with E-state index in [2.05, 4.69) is 25.2 Å². The normalized spacial score (nSPS) is 15.0. The smallest absolute Gasteiger partial charge is 0.266 e. The zero-order valence-electron chi connectivity index (χ0n) is 17.6. The predicted octanol–water partition coefficient (Wildman–Crippen LogP) is 5.19. The first kappa shape index (κ1) is 21.1. The van der Waals surface area contributed by atoms with E-state index < -0.39 is 23.8 Å². The SMILES string of the molecule is COc1nc2nc(C)nc(N[C@H](C)c3cccc(C(F)F)c3F)c2cc1N1CCCC1. The summed E-state index contributed by atoms with van der Waals surface area (Å²) in [6, 6.07) is 5.34. The van der Waals surface area contributed by atoms with Gasteiger partial charge in [-0.3, -0.25) is 0 Å². The van der Waals surface area contributed by atoms with Crippen molar-refractivity contribution in [1.29, 1.82) is 0 Å². The maximum absolute atomic E-state index is 14.6. The molecule has 1 aliphatic rings. The fraction of sp³-hybridized carbons (Fsp3) is 0.409. The highest BCUT2D eigenvalue weighted by Crippen LogP contribution is 2.35. The highest BCUT2D eigenvalue weighted by molar-refractivity contribution is 5.90. The van der Waals surface area contributed by atoms with E-state index in [9.17, 15) is 13.2 Å². The predicted molar refractivity (Wildman–Crippen MR) is 113 cm³/mol. The molecule has 0 bridgehead atoms. The quantitative estimate of drug-likeness (QED) is 0.579. The van der Waals surface area contributed by atoms with Gasteiger partial charge in [0.05, 0.1) is 24.1 Å². The number of anilines is 2. The summed E-state index contributed by atoms with van der Waals surface area (Å²) in [5.41, 5.74) is 0.825. The van der Waals surface area contributed by atoms with Crippen molar-refractivity contribution in [3.63, 3.8) is 0 Å². The van der Waals surface area contributed by atoms with Crippen LogP contribution in [0.5, 0.6) is 5.88 Å². The minimum Gasteiger partial charge on any atom is -0.479 e. The fourth-order valence-electron chi connectivity index (χ4n) is 3.94. The van der Waals surface area contributed by atoms with E-state index in [1.165, 1.54) is 12.1 Å². The van der Waals surface area contributed by atoms with Gasteiger partial charge in [-0.15, -0.1) is 0 Å². The Morgan fingerprint density at radius 3 is 2.48 bits per heavy atom. The standard InChI is InChI=1S/C22H24F3N5O/c1-12(14-7-6-8-15(18(14)23)19(24)25)26-20-16-11-17(30-9-4-5-10-30)22(31-3)29-21(16)28-13(2)27-20/h6-8,11-12,19H,4-5,9-10H2,1-3H3,(H,26,27,28,29)/t12-/m1/s1. The Kier molecular flexibility index (Phi) is 5.84. The van der Waals surface area contributed by atoms with Crippen LogP contribution in [0, 0.1) is 12.7 Å². The Morgan fingerprint density at radius 1 is 1.10 bits per heavy atom. The number of benzene rings is 1. The molecule has 0 unspecified atom stereocenters. The van der Waals surface area contributed by atoms with Gasteiger partial charge in [-0.05, 0) is 32.8 Å². The molecule has 0 radical (unpaired) electrons. The van der Waals surface area contributed by atoms with Crippen molar-refractivity contribution < 1.29 is 17.9 Å². The van der Waals surface area contributed by atoms with Crippen molar-refractivity contribution in [3.05, 3.63) is 47.0 Å². The highest BCUT2D eigenvalue weighted by Gasteiger charge is 2.23. The Balaban J connectivity index is 1.76. The minimum absolute atomic E-state index is 0.142. The molecule has 0 amide bonds. The molecule has 6 nitrogen and oxygen atoms in total. The van der Waals surface area contributed by atoms with Crippen molar-refractivity contribution in [1.82, 2.24) is 15.0 Å². The molecule has 1 aliphatic heterocycles. The van der Waals surface area contributed by atoms with Gasteiger partial charge >= 0.3 is 0 Å². The van der Waals surface area contributed by atoms with E-state index in [1.54, 1.807) is 21.0 Å². The highest BCUT2D eigenvalue weighted by atomic mass is 19.3. The second-order valence-corrected chi connectivity index (χ2v) is 7.62. The van der Waals surface area contributed by atoms with E-state index >= 15 is 0 Å². The fourth-order valence-corrected chi connectivity index (χ4v) is 3.94.